The van der Waals surface area contributed by atoms with Crippen LogP contribution in [-0.2, 0) is 6.42 Å². The first-order valence-electron chi connectivity index (χ1n) is 9.29. The predicted molar refractivity (Wildman–Crippen MR) is 107 cm³/mol. The highest BCUT2D eigenvalue weighted by Gasteiger charge is 2.30. The van der Waals surface area contributed by atoms with Crippen molar-refractivity contribution >= 4 is 17.4 Å². The van der Waals surface area contributed by atoms with Gasteiger partial charge in [0.25, 0.3) is 5.91 Å². The van der Waals surface area contributed by atoms with Crippen LogP contribution in [0.25, 0.3) is 0 Å². The highest BCUT2D eigenvalue weighted by atomic mass is 16.1. The summed E-state index contributed by atoms with van der Waals surface area (Å²) >= 11 is 0. The van der Waals surface area contributed by atoms with Gasteiger partial charge in [0.05, 0.1) is 5.56 Å². The van der Waals surface area contributed by atoms with Crippen molar-refractivity contribution < 1.29 is 4.79 Å². The molecule has 4 nitrogen and oxygen atoms in total. The maximum Gasteiger partial charge on any atom is 0.255 e. The van der Waals surface area contributed by atoms with Gasteiger partial charge in [-0.3, -0.25) is 4.79 Å². The first-order valence-corrected chi connectivity index (χ1v) is 9.29. The van der Waals surface area contributed by atoms with Gasteiger partial charge in [-0.15, -0.1) is 0 Å². The molecule has 0 saturated carbocycles. The number of para-hydroxylation sites is 1. The number of nitrogens with zero attached hydrogens (tertiary/aromatic N) is 2. The fraction of sp³-hybridized carbons (Fsp3) is 0.455. The Hall–Kier alpha value is -2.36. The third-order valence-electron chi connectivity index (χ3n) is 4.60. The summed E-state index contributed by atoms with van der Waals surface area (Å²) in [5, 5.41) is 3.21. The lowest BCUT2D eigenvalue weighted by Crippen LogP contribution is -2.46. The zero-order valence-electron chi connectivity index (χ0n) is 16.5. The summed E-state index contributed by atoms with van der Waals surface area (Å²) in [6, 6.07) is 12.0. The number of aromatic nitrogens is 1. The largest absolute Gasteiger partial charge is 0.347 e. The Morgan fingerprint density at radius 1 is 1.12 bits per heavy atom. The fourth-order valence-electron chi connectivity index (χ4n) is 4.09. The van der Waals surface area contributed by atoms with Crippen molar-refractivity contribution in [3.05, 3.63) is 53.7 Å². The Bertz CT molecular complexity index is 805. The Labute approximate surface area is 156 Å². The van der Waals surface area contributed by atoms with Crippen molar-refractivity contribution in [3.8, 4) is 0 Å². The van der Waals surface area contributed by atoms with Gasteiger partial charge in [-0.25, -0.2) is 4.98 Å². The normalized spacial score (nSPS) is 14.3. The molecule has 1 aromatic heterocycles. The van der Waals surface area contributed by atoms with Gasteiger partial charge in [0.1, 0.15) is 5.82 Å². The maximum absolute atomic E-state index is 13.1. The van der Waals surface area contributed by atoms with Crippen molar-refractivity contribution in [2.24, 2.45) is 5.41 Å². The second-order valence-corrected chi connectivity index (χ2v) is 8.98. The van der Waals surface area contributed by atoms with Gasteiger partial charge >= 0.3 is 0 Å². The van der Waals surface area contributed by atoms with Gasteiger partial charge in [-0.1, -0.05) is 39.0 Å². The molecule has 1 amide bonds. The van der Waals surface area contributed by atoms with Crippen LogP contribution >= 0.6 is 0 Å². The monoisotopic (exact) mass is 351 g/mol. The number of benzene rings is 1. The van der Waals surface area contributed by atoms with E-state index in [9.17, 15) is 4.79 Å². The van der Waals surface area contributed by atoms with Crippen LogP contribution in [0.2, 0.25) is 0 Å². The van der Waals surface area contributed by atoms with Crippen molar-refractivity contribution in [3.63, 3.8) is 0 Å². The second-order valence-electron chi connectivity index (χ2n) is 8.98. The average Bonchev–Trinajstić information content (AvgIpc) is 2.96. The zero-order valence-corrected chi connectivity index (χ0v) is 16.5. The van der Waals surface area contributed by atoms with Gasteiger partial charge in [0.2, 0.25) is 0 Å². The molecule has 1 aliphatic heterocycles. The summed E-state index contributed by atoms with van der Waals surface area (Å²) in [7, 11) is 0. The number of rotatable bonds is 4. The second kappa shape index (κ2) is 6.75. The molecule has 0 bridgehead atoms. The number of carbonyl (C=O) groups excluding carboxylic acids is 1. The van der Waals surface area contributed by atoms with Crippen molar-refractivity contribution in [1.82, 2.24) is 10.3 Å². The van der Waals surface area contributed by atoms with E-state index in [1.165, 1.54) is 5.56 Å². The smallest absolute Gasteiger partial charge is 0.255 e. The molecule has 1 aliphatic rings. The summed E-state index contributed by atoms with van der Waals surface area (Å²) < 4.78 is 0. The molecule has 3 rings (SSSR count). The number of fused-ring (bicyclic) bond motifs is 1. The Kier molecular flexibility index (Phi) is 4.78. The van der Waals surface area contributed by atoms with E-state index in [4.69, 9.17) is 0 Å². The molecule has 4 heteroatoms. The molecule has 0 spiro atoms. The molecule has 138 valence electrons. The lowest BCUT2D eigenvalue weighted by atomic mass is 9.81. The molecule has 0 fully saturated rings. The standard InChI is InChI=1S/C22H29N3O/c1-21(2,3)15-22(4,5)24-20(26)17-10-8-13-23-19(17)25-14-12-16-9-6-7-11-18(16)25/h6-11,13H,12,14-15H2,1-5H3,(H,24,26). The predicted octanol–water partition coefficient (Wildman–Crippen LogP) is 4.72. The minimum Gasteiger partial charge on any atom is -0.347 e. The third-order valence-corrected chi connectivity index (χ3v) is 4.60. The molecular formula is C22H29N3O. The third kappa shape index (κ3) is 4.06. The van der Waals surface area contributed by atoms with Crippen molar-refractivity contribution in [1.29, 1.82) is 0 Å². The number of pyridine rings is 1. The first kappa shape index (κ1) is 18.4. The van der Waals surface area contributed by atoms with Gasteiger partial charge in [-0.2, -0.15) is 0 Å². The Morgan fingerprint density at radius 2 is 1.85 bits per heavy atom. The molecule has 1 N–H and O–H groups in total. The number of hydrogen-bond acceptors (Lipinski definition) is 3. The number of carbonyl (C=O) groups is 1. The fourth-order valence-corrected chi connectivity index (χ4v) is 4.09. The lowest BCUT2D eigenvalue weighted by molar-refractivity contribution is 0.0891. The van der Waals surface area contributed by atoms with E-state index in [1.807, 2.05) is 18.2 Å². The molecule has 0 radical (unpaired) electrons. The quantitative estimate of drug-likeness (QED) is 0.867. The van der Waals surface area contributed by atoms with Crippen LogP contribution in [0.15, 0.2) is 42.6 Å². The van der Waals surface area contributed by atoms with Gasteiger partial charge in [0.15, 0.2) is 0 Å². The first-order chi connectivity index (χ1) is 12.2. The van der Waals surface area contributed by atoms with E-state index in [1.54, 1.807) is 6.20 Å². The van der Waals surface area contributed by atoms with Crippen LogP contribution < -0.4 is 10.2 Å². The highest BCUT2D eigenvalue weighted by Crippen LogP contribution is 2.35. The van der Waals surface area contributed by atoms with Crippen LogP contribution in [0, 0.1) is 5.41 Å². The molecule has 0 unspecified atom stereocenters. The van der Waals surface area contributed by atoms with E-state index < -0.39 is 0 Å². The van der Waals surface area contributed by atoms with Crippen LogP contribution in [0.4, 0.5) is 11.5 Å². The average molecular weight is 351 g/mol. The van der Waals surface area contributed by atoms with Gasteiger partial charge in [-0.05, 0) is 55.9 Å². The van der Waals surface area contributed by atoms with E-state index >= 15 is 0 Å². The van der Waals surface area contributed by atoms with E-state index in [0.29, 0.717) is 5.56 Å². The van der Waals surface area contributed by atoms with Crippen molar-refractivity contribution in [2.75, 3.05) is 11.4 Å². The highest BCUT2D eigenvalue weighted by molar-refractivity contribution is 6.00. The van der Waals surface area contributed by atoms with Crippen molar-refractivity contribution in [2.45, 2.75) is 53.0 Å². The summed E-state index contributed by atoms with van der Waals surface area (Å²) in [6.07, 6.45) is 3.63. The molecule has 0 saturated heterocycles. The molecule has 0 atom stereocenters. The van der Waals surface area contributed by atoms with Crippen LogP contribution in [0.1, 0.15) is 57.0 Å². The Morgan fingerprint density at radius 3 is 2.58 bits per heavy atom. The van der Waals surface area contributed by atoms with E-state index in [2.05, 4.69) is 68.0 Å². The topological polar surface area (TPSA) is 45.2 Å². The molecule has 0 aliphatic carbocycles. The molecule has 2 aromatic rings. The number of hydrogen-bond donors (Lipinski definition) is 1. The molecule has 2 heterocycles. The number of nitrogens with one attached hydrogen (secondary N) is 1. The summed E-state index contributed by atoms with van der Waals surface area (Å²) in [6.45, 7) is 11.6. The van der Waals surface area contributed by atoms with Crippen LogP contribution in [-0.4, -0.2) is 23.0 Å². The van der Waals surface area contributed by atoms with Crippen LogP contribution in [0.3, 0.4) is 0 Å². The lowest BCUT2D eigenvalue weighted by Gasteiger charge is -2.33. The molecule has 26 heavy (non-hydrogen) atoms. The number of anilines is 2. The Balaban J connectivity index is 1.88. The minimum absolute atomic E-state index is 0.0632. The summed E-state index contributed by atoms with van der Waals surface area (Å²) in [5.74, 6) is 0.674. The van der Waals surface area contributed by atoms with E-state index in [-0.39, 0.29) is 16.9 Å². The van der Waals surface area contributed by atoms with Gasteiger partial charge in [0, 0.05) is 24.0 Å². The summed E-state index contributed by atoms with van der Waals surface area (Å²) in [4.78, 5) is 19.8. The molecular weight excluding hydrogens is 322 g/mol. The number of amides is 1. The summed E-state index contributed by atoms with van der Waals surface area (Å²) in [5.41, 5.74) is 2.94. The minimum atomic E-state index is -0.286. The van der Waals surface area contributed by atoms with Crippen LogP contribution in [0.5, 0.6) is 0 Å². The van der Waals surface area contributed by atoms with Gasteiger partial charge < -0.3 is 10.2 Å². The zero-order chi connectivity index (χ0) is 18.9. The SMILES string of the molecule is CC(C)(C)CC(C)(C)NC(=O)c1cccnc1N1CCc2ccccc21. The van der Waals surface area contributed by atoms with E-state index in [0.717, 1.165) is 30.9 Å². The molecule has 1 aromatic carbocycles. The maximum atomic E-state index is 13.1.